The Labute approximate surface area is 80.0 Å². The van der Waals surface area contributed by atoms with Crippen LogP contribution in [0.5, 0.6) is 0 Å². The molecule has 1 fully saturated rings. The zero-order chi connectivity index (χ0) is 10.8. The molecule has 0 aliphatic carbocycles. The Kier molecular flexibility index (Phi) is 3.36. The molecular formula is C8H13F3N2O. The lowest BCUT2D eigenvalue weighted by Gasteiger charge is -2.33. The Morgan fingerprint density at radius 3 is 2.64 bits per heavy atom. The maximum absolute atomic E-state index is 12.5. The molecule has 0 aromatic carbocycles. The Balaban J connectivity index is 2.64. The second kappa shape index (κ2) is 4.16. The van der Waals surface area contributed by atoms with Gasteiger partial charge in [0.2, 0.25) is 5.91 Å². The first-order valence-corrected chi connectivity index (χ1v) is 4.46. The van der Waals surface area contributed by atoms with Gasteiger partial charge in [-0.1, -0.05) is 0 Å². The third-order valence-electron chi connectivity index (χ3n) is 2.29. The first kappa shape index (κ1) is 11.3. The maximum Gasteiger partial charge on any atom is 0.393 e. The molecule has 0 radical (unpaired) electrons. The van der Waals surface area contributed by atoms with E-state index >= 15 is 0 Å². The number of hydrogen-bond donors (Lipinski definition) is 2. The summed E-state index contributed by atoms with van der Waals surface area (Å²) >= 11 is 0. The molecule has 2 N–H and O–H groups in total. The highest BCUT2D eigenvalue weighted by Crippen LogP contribution is 2.32. The average molecular weight is 210 g/mol. The number of carbonyl (C=O) groups is 1. The fraction of sp³-hybridized carbons (Fsp3) is 0.875. The van der Waals surface area contributed by atoms with Crippen molar-refractivity contribution >= 4 is 5.91 Å². The van der Waals surface area contributed by atoms with Crippen molar-refractivity contribution in [2.24, 2.45) is 5.92 Å². The van der Waals surface area contributed by atoms with E-state index in [1.54, 1.807) is 0 Å². The van der Waals surface area contributed by atoms with Gasteiger partial charge in [0.25, 0.3) is 0 Å². The SMILES string of the molecule is CC(=O)NC1CNCCC1C(F)(F)F. The molecule has 0 bridgehead atoms. The molecule has 0 aromatic heterocycles. The number of rotatable bonds is 1. The van der Waals surface area contributed by atoms with Gasteiger partial charge in [0.15, 0.2) is 0 Å². The van der Waals surface area contributed by atoms with Gasteiger partial charge in [0.1, 0.15) is 0 Å². The van der Waals surface area contributed by atoms with Crippen molar-refractivity contribution in [2.45, 2.75) is 25.6 Å². The first-order valence-electron chi connectivity index (χ1n) is 4.46. The van der Waals surface area contributed by atoms with E-state index in [1.165, 1.54) is 6.92 Å². The van der Waals surface area contributed by atoms with Gasteiger partial charge in [0, 0.05) is 13.5 Å². The van der Waals surface area contributed by atoms with E-state index in [-0.39, 0.29) is 13.0 Å². The molecule has 82 valence electrons. The number of amides is 1. The minimum absolute atomic E-state index is 0.0223. The molecule has 0 saturated carbocycles. The van der Waals surface area contributed by atoms with Crippen LogP contribution in [0, 0.1) is 5.92 Å². The van der Waals surface area contributed by atoms with Crippen LogP contribution >= 0.6 is 0 Å². The topological polar surface area (TPSA) is 41.1 Å². The van der Waals surface area contributed by atoms with Crippen LogP contribution in [0.3, 0.4) is 0 Å². The van der Waals surface area contributed by atoms with Gasteiger partial charge in [-0.15, -0.1) is 0 Å². The number of carbonyl (C=O) groups excluding carboxylic acids is 1. The monoisotopic (exact) mass is 210 g/mol. The largest absolute Gasteiger partial charge is 0.393 e. The number of alkyl halides is 3. The van der Waals surface area contributed by atoms with Gasteiger partial charge < -0.3 is 10.6 Å². The minimum Gasteiger partial charge on any atom is -0.352 e. The molecular weight excluding hydrogens is 197 g/mol. The van der Waals surface area contributed by atoms with Gasteiger partial charge in [-0.2, -0.15) is 13.2 Å². The van der Waals surface area contributed by atoms with Crippen LogP contribution in [0.1, 0.15) is 13.3 Å². The normalized spacial score (nSPS) is 28.6. The van der Waals surface area contributed by atoms with Gasteiger partial charge in [0.05, 0.1) is 12.0 Å². The van der Waals surface area contributed by atoms with Crippen LogP contribution in [-0.4, -0.2) is 31.2 Å². The van der Waals surface area contributed by atoms with Gasteiger partial charge >= 0.3 is 6.18 Å². The molecule has 3 nitrogen and oxygen atoms in total. The smallest absolute Gasteiger partial charge is 0.352 e. The highest BCUT2D eigenvalue weighted by atomic mass is 19.4. The molecule has 1 saturated heterocycles. The summed E-state index contributed by atoms with van der Waals surface area (Å²) in [4.78, 5) is 10.7. The lowest BCUT2D eigenvalue weighted by molar-refractivity contribution is -0.187. The van der Waals surface area contributed by atoms with Crippen LogP contribution in [0.2, 0.25) is 0 Å². The van der Waals surface area contributed by atoms with Crippen LogP contribution in [0.4, 0.5) is 13.2 Å². The lowest BCUT2D eigenvalue weighted by atomic mass is 9.92. The number of halogens is 3. The average Bonchev–Trinajstić information content (AvgIpc) is 2.01. The van der Waals surface area contributed by atoms with Crippen molar-refractivity contribution in [3.8, 4) is 0 Å². The van der Waals surface area contributed by atoms with E-state index in [4.69, 9.17) is 0 Å². The van der Waals surface area contributed by atoms with Crippen molar-refractivity contribution in [3.05, 3.63) is 0 Å². The Morgan fingerprint density at radius 1 is 1.50 bits per heavy atom. The molecule has 0 spiro atoms. The standard InChI is InChI=1S/C8H13F3N2O/c1-5(14)13-7-4-12-3-2-6(7)8(9,10)11/h6-7,12H,2-4H2,1H3,(H,13,14). The molecule has 2 atom stereocenters. The summed E-state index contributed by atoms with van der Waals surface area (Å²) < 4.78 is 37.4. The zero-order valence-electron chi connectivity index (χ0n) is 7.82. The molecule has 2 unspecified atom stereocenters. The van der Waals surface area contributed by atoms with Crippen molar-refractivity contribution in [1.29, 1.82) is 0 Å². The molecule has 6 heteroatoms. The lowest BCUT2D eigenvalue weighted by Crippen LogP contribution is -2.54. The fourth-order valence-corrected chi connectivity index (χ4v) is 1.66. The van der Waals surface area contributed by atoms with E-state index < -0.39 is 24.0 Å². The second-order valence-corrected chi connectivity index (χ2v) is 3.45. The van der Waals surface area contributed by atoms with E-state index in [0.29, 0.717) is 6.54 Å². The molecule has 14 heavy (non-hydrogen) atoms. The highest BCUT2D eigenvalue weighted by molar-refractivity contribution is 5.73. The van der Waals surface area contributed by atoms with Gasteiger partial charge in [-0.25, -0.2) is 0 Å². The summed E-state index contributed by atoms with van der Waals surface area (Å²) in [6.45, 7) is 1.76. The van der Waals surface area contributed by atoms with Gasteiger partial charge in [-0.05, 0) is 13.0 Å². The number of hydrogen-bond acceptors (Lipinski definition) is 2. The highest BCUT2D eigenvalue weighted by Gasteiger charge is 2.45. The summed E-state index contributed by atoms with van der Waals surface area (Å²) in [5, 5.41) is 5.14. The second-order valence-electron chi connectivity index (χ2n) is 3.45. The maximum atomic E-state index is 12.5. The van der Waals surface area contributed by atoms with E-state index in [9.17, 15) is 18.0 Å². The van der Waals surface area contributed by atoms with E-state index in [0.717, 1.165) is 0 Å². The Morgan fingerprint density at radius 2 is 2.14 bits per heavy atom. The number of nitrogens with one attached hydrogen (secondary N) is 2. The summed E-state index contributed by atoms with van der Waals surface area (Å²) in [5.41, 5.74) is 0. The van der Waals surface area contributed by atoms with Crippen LogP contribution in [-0.2, 0) is 4.79 Å². The van der Waals surface area contributed by atoms with Crippen molar-refractivity contribution in [1.82, 2.24) is 10.6 Å². The summed E-state index contributed by atoms with van der Waals surface area (Å²) in [5.74, 6) is -1.85. The third-order valence-corrected chi connectivity index (χ3v) is 2.29. The zero-order valence-corrected chi connectivity index (χ0v) is 7.82. The molecule has 1 heterocycles. The third kappa shape index (κ3) is 2.87. The quantitative estimate of drug-likeness (QED) is 0.667. The summed E-state index contributed by atoms with van der Waals surface area (Å²) in [6.07, 6.45) is -4.20. The van der Waals surface area contributed by atoms with E-state index in [1.807, 2.05) is 0 Å². The van der Waals surface area contributed by atoms with Crippen LogP contribution < -0.4 is 10.6 Å². The summed E-state index contributed by atoms with van der Waals surface area (Å²) in [6, 6.07) is -0.832. The Hall–Kier alpha value is -0.780. The van der Waals surface area contributed by atoms with Crippen molar-refractivity contribution in [3.63, 3.8) is 0 Å². The predicted octanol–water partition coefficient (Wildman–Crippen LogP) is 0.663. The Bertz CT molecular complexity index is 217. The fourth-order valence-electron chi connectivity index (χ4n) is 1.66. The molecule has 1 amide bonds. The molecule has 1 aliphatic rings. The molecule has 1 rings (SSSR count). The van der Waals surface area contributed by atoms with Crippen molar-refractivity contribution in [2.75, 3.05) is 13.1 Å². The van der Waals surface area contributed by atoms with Crippen LogP contribution in [0.15, 0.2) is 0 Å². The van der Waals surface area contributed by atoms with Crippen molar-refractivity contribution < 1.29 is 18.0 Å². The molecule has 0 aromatic rings. The first-order chi connectivity index (χ1) is 6.41. The van der Waals surface area contributed by atoms with Gasteiger partial charge in [-0.3, -0.25) is 4.79 Å². The number of piperidine rings is 1. The molecule has 1 aliphatic heterocycles. The van der Waals surface area contributed by atoms with E-state index in [2.05, 4.69) is 10.6 Å². The predicted molar refractivity (Wildman–Crippen MR) is 44.6 cm³/mol. The summed E-state index contributed by atoms with van der Waals surface area (Å²) in [7, 11) is 0. The minimum atomic E-state index is -4.23. The van der Waals surface area contributed by atoms with Crippen LogP contribution in [0.25, 0.3) is 0 Å².